The lowest BCUT2D eigenvalue weighted by atomic mass is 9.79. The fourth-order valence-corrected chi connectivity index (χ4v) is 3.68. The zero-order chi connectivity index (χ0) is 17.1. The van der Waals surface area contributed by atoms with Crippen LogP contribution in [0.25, 0.3) is 0 Å². The molecule has 128 valence electrons. The minimum absolute atomic E-state index is 0.102. The molecule has 0 bridgehead atoms. The van der Waals surface area contributed by atoms with Crippen molar-refractivity contribution in [1.29, 1.82) is 0 Å². The molecule has 0 saturated heterocycles. The van der Waals surface area contributed by atoms with E-state index in [0.717, 1.165) is 17.9 Å². The first-order valence-electron chi connectivity index (χ1n) is 9.06. The largest absolute Gasteiger partial charge is 0.207 e. The number of hydrogen-bond donors (Lipinski definition) is 0. The number of halogens is 2. The van der Waals surface area contributed by atoms with Crippen molar-refractivity contribution >= 4 is 0 Å². The van der Waals surface area contributed by atoms with E-state index in [1.54, 1.807) is 0 Å². The quantitative estimate of drug-likeness (QED) is 0.613. The number of hydrogen-bond acceptors (Lipinski definition) is 0. The van der Waals surface area contributed by atoms with Crippen molar-refractivity contribution < 1.29 is 8.78 Å². The molecule has 1 aliphatic rings. The summed E-state index contributed by atoms with van der Waals surface area (Å²) in [5.74, 6) is 0.671. The van der Waals surface area contributed by atoms with Gasteiger partial charge in [-0.1, -0.05) is 44.0 Å². The Hall–Kier alpha value is -1.70. The Labute approximate surface area is 143 Å². The van der Waals surface area contributed by atoms with Gasteiger partial charge in [0.15, 0.2) is 0 Å². The lowest BCUT2D eigenvalue weighted by Crippen LogP contribution is -2.10. The molecule has 0 amide bonds. The van der Waals surface area contributed by atoms with E-state index in [0.29, 0.717) is 12.3 Å². The molecule has 3 rings (SSSR count). The van der Waals surface area contributed by atoms with Gasteiger partial charge in [0.2, 0.25) is 0 Å². The van der Waals surface area contributed by atoms with Gasteiger partial charge in [0.25, 0.3) is 0 Å². The van der Waals surface area contributed by atoms with Gasteiger partial charge in [-0.05, 0) is 73.3 Å². The monoisotopic (exact) mass is 328 g/mol. The second-order valence-corrected chi connectivity index (χ2v) is 7.38. The predicted molar refractivity (Wildman–Crippen MR) is 95.3 cm³/mol. The van der Waals surface area contributed by atoms with Gasteiger partial charge in [0.1, 0.15) is 11.6 Å². The molecule has 0 heterocycles. The van der Waals surface area contributed by atoms with E-state index in [1.165, 1.54) is 55.9 Å². The number of aryl methyl sites for hydroxylation is 2. The Bertz CT molecular complexity index is 657. The highest BCUT2D eigenvalue weighted by atomic mass is 19.1. The first-order chi connectivity index (χ1) is 11.5. The summed E-state index contributed by atoms with van der Waals surface area (Å²) >= 11 is 0. The maximum Gasteiger partial charge on any atom is 0.129 e. The van der Waals surface area contributed by atoms with Crippen molar-refractivity contribution in [2.24, 2.45) is 5.92 Å². The van der Waals surface area contributed by atoms with Crippen LogP contribution in [0.3, 0.4) is 0 Å². The normalized spacial score (nSPS) is 21.0. The van der Waals surface area contributed by atoms with E-state index in [1.807, 2.05) is 0 Å². The molecule has 0 atom stereocenters. The van der Waals surface area contributed by atoms with E-state index in [4.69, 9.17) is 0 Å². The zero-order valence-corrected chi connectivity index (χ0v) is 14.6. The molecule has 0 N–H and O–H groups in total. The summed E-state index contributed by atoms with van der Waals surface area (Å²) in [6.45, 7) is 3.81. The summed E-state index contributed by atoms with van der Waals surface area (Å²) in [5.41, 5.74) is 3.49. The summed E-state index contributed by atoms with van der Waals surface area (Å²) in [6, 6.07) is 11.7. The van der Waals surface area contributed by atoms with Gasteiger partial charge in [-0.15, -0.1) is 0 Å². The van der Waals surface area contributed by atoms with E-state index in [2.05, 4.69) is 31.2 Å². The van der Waals surface area contributed by atoms with Crippen LogP contribution in [0.15, 0.2) is 36.4 Å². The Morgan fingerprint density at radius 2 is 1.38 bits per heavy atom. The molecule has 2 aromatic rings. The fourth-order valence-electron chi connectivity index (χ4n) is 3.68. The van der Waals surface area contributed by atoms with E-state index >= 15 is 0 Å². The molecule has 0 aromatic heterocycles. The highest BCUT2D eigenvalue weighted by molar-refractivity contribution is 5.29. The van der Waals surface area contributed by atoms with Crippen LogP contribution in [-0.2, 0) is 12.8 Å². The van der Waals surface area contributed by atoms with E-state index in [-0.39, 0.29) is 5.56 Å². The Morgan fingerprint density at radius 1 is 0.833 bits per heavy atom. The van der Waals surface area contributed by atoms with E-state index in [9.17, 15) is 8.78 Å². The highest BCUT2D eigenvalue weighted by Gasteiger charge is 2.19. The van der Waals surface area contributed by atoms with Crippen molar-refractivity contribution in [3.05, 3.63) is 70.3 Å². The fraction of sp³-hybridized carbons (Fsp3) is 0.455. The molecule has 24 heavy (non-hydrogen) atoms. The second kappa shape index (κ2) is 7.46. The first-order valence-corrected chi connectivity index (χ1v) is 9.06. The molecule has 1 fully saturated rings. The summed E-state index contributed by atoms with van der Waals surface area (Å²) in [5, 5.41) is 0. The predicted octanol–water partition coefficient (Wildman–Crippen LogP) is 6.35. The van der Waals surface area contributed by atoms with Crippen molar-refractivity contribution in [3.63, 3.8) is 0 Å². The van der Waals surface area contributed by atoms with Crippen molar-refractivity contribution in [2.45, 2.75) is 58.3 Å². The standard InChI is InChI=1S/C22H26F2/c1-15-3-9-19(10-4-15)20-11-7-17(8-12-20)5-6-18-13-21(23)16(2)22(24)14-18/h7-8,11-15,19H,3-6,9-10H2,1-2H3. The van der Waals surface area contributed by atoms with Crippen LogP contribution < -0.4 is 0 Å². The van der Waals surface area contributed by atoms with Crippen LogP contribution in [-0.4, -0.2) is 0 Å². The molecule has 2 aromatic carbocycles. The maximum absolute atomic E-state index is 13.6. The summed E-state index contributed by atoms with van der Waals surface area (Å²) in [7, 11) is 0. The molecule has 1 aliphatic carbocycles. The van der Waals surface area contributed by atoms with E-state index < -0.39 is 11.6 Å². The minimum Gasteiger partial charge on any atom is -0.207 e. The van der Waals surface area contributed by atoms with Gasteiger partial charge in [-0.25, -0.2) is 8.78 Å². The average Bonchev–Trinajstić information content (AvgIpc) is 2.59. The average molecular weight is 328 g/mol. The molecular weight excluding hydrogens is 302 g/mol. The Balaban J connectivity index is 1.60. The topological polar surface area (TPSA) is 0 Å². The minimum atomic E-state index is -0.452. The summed E-state index contributed by atoms with van der Waals surface area (Å²) in [6.07, 6.45) is 6.72. The molecule has 0 nitrogen and oxygen atoms in total. The third-order valence-electron chi connectivity index (χ3n) is 5.51. The molecule has 2 heteroatoms. The Morgan fingerprint density at radius 3 is 1.96 bits per heavy atom. The van der Waals surface area contributed by atoms with Gasteiger partial charge < -0.3 is 0 Å². The second-order valence-electron chi connectivity index (χ2n) is 7.38. The maximum atomic E-state index is 13.6. The molecule has 0 radical (unpaired) electrons. The lowest BCUT2D eigenvalue weighted by Gasteiger charge is -2.26. The van der Waals surface area contributed by atoms with Crippen LogP contribution in [0, 0.1) is 24.5 Å². The van der Waals surface area contributed by atoms with Crippen LogP contribution in [0.5, 0.6) is 0 Å². The van der Waals surface area contributed by atoms with Gasteiger partial charge >= 0.3 is 0 Å². The summed E-state index contributed by atoms with van der Waals surface area (Å²) < 4.78 is 27.2. The number of benzene rings is 2. The lowest BCUT2D eigenvalue weighted by molar-refractivity contribution is 0.348. The third kappa shape index (κ3) is 4.03. The van der Waals surface area contributed by atoms with Crippen molar-refractivity contribution in [1.82, 2.24) is 0 Å². The van der Waals surface area contributed by atoms with Crippen molar-refractivity contribution in [2.75, 3.05) is 0 Å². The first kappa shape index (κ1) is 17.1. The zero-order valence-electron chi connectivity index (χ0n) is 14.6. The van der Waals surface area contributed by atoms with Gasteiger partial charge in [0.05, 0.1) is 0 Å². The van der Waals surface area contributed by atoms with Crippen LogP contribution in [0.1, 0.15) is 60.8 Å². The van der Waals surface area contributed by atoms with Crippen LogP contribution in [0.4, 0.5) is 8.78 Å². The molecule has 1 saturated carbocycles. The molecular formula is C22H26F2. The Kier molecular flexibility index (Phi) is 5.33. The highest BCUT2D eigenvalue weighted by Crippen LogP contribution is 2.35. The number of rotatable bonds is 4. The van der Waals surface area contributed by atoms with Crippen LogP contribution in [0.2, 0.25) is 0 Å². The van der Waals surface area contributed by atoms with Crippen LogP contribution >= 0.6 is 0 Å². The third-order valence-corrected chi connectivity index (χ3v) is 5.51. The van der Waals surface area contributed by atoms with Crippen molar-refractivity contribution in [3.8, 4) is 0 Å². The van der Waals surface area contributed by atoms with Gasteiger partial charge in [-0.2, -0.15) is 0 Å². The smallest absolute Gasteiger partial charge is 0.129 e. The SMILES string of the molecule is Cc1c(F)cc(CCc2ccc(C3CCC(C)CC3)cc2)cc1F. The molecule has 0 spiro atoms. The van der Waals surface area contributed by atoms with Gasteiger partial charge in [0, 0.05) is 5.56 Å². The summed E-state index contributed by atoms with van der Waals surface area (Å²) in [4.78, 5) is 0. The van der Waals surface area contributed by atoms with Gasteiger partial charge in [-0.3, -0.25) is 0 Å². The molecule has 0 aliphatic heterocycles. The molecule has 0 unspecified atom stereocenters.